The van der Waals surface area contributed by atoms with E-state index in [2.05, 4.69) is 5.16 Å². The molecule has 6 heteroatoms. The Morgan fingerprint density at radius 3 is 2.67 bits per heavy atom. The van der Waals surface area contributed by atoms with E-state index in [4.69, 9.17) is 4.52 Å². The highest BCUT2D eigenvalue weighted by atomic mass is 16.5. The fourth-order valence-corrected chi connectivity index (χ4v) is 3.07. The Labute approximate surface area is 124 Å². The minimum absolute atomic E-state index is 0.0522. The first-order valence-corrected chi connectivity index (χ1v) is 7.32. The van der Waals surface area contributed by atoms with Gasteiger partial charge in [-0.15, -0.1) is 0 Å². The molecule has 0 aromatic carbocycles. The fourth-order valence-electron chi connectivity index (χ4n) is 3.07. The summed E-state index contributed by atoms with van der Waals surface area (Å²) in [6.07, 6.45) is 2.17. The van der Waals surface area contributed by atoms with Crippen molar-refractivity contribution in [3.63, 3.8) is 0 Å². The van der Waals surface area contributed by atoms with E-state index >= 15 is 0 Å². The quantitative estimate of drug-likeness (QED) is 0.897. The zero-order valence-electron chi connectivity index (χ0n) is 12.8. The maximum Gasteiger partial charge on any atom is 0.311 e. The number of carbonyl (C=O) groups is 2. The van der Waals surface area contributed by atoms with Gasteiger partial charge < -0.3 is 14.5 Å². The van der Waals surface area contributed by atoms with Crippen LogP contribution in [-0.4, -0.2) is 40.1 Å². The van der Waals surface area contributed by atoms with E-state index in [1.54, 1.807) is 11.8 Å². The van der Waals surface area contributed by atoms with Gasteiger partial charge in [0.2, 0.25) is 5.91 Å². The highest BCUT2D eigenvalue weighted by Crippen LogP contribution is 2.36. The number of carbonyl (C=O) groups excluding carboxylic acids is 1. The predicted octanol–water partition coefficient (Wildman–Crippen LogP) is 1.94. The monoisotopic (exact) mass is 294 g/mol. The van der Waals surface area contributed by atoms with E-state index < -0.39 is 11.4 Å². The van der Waals surface area contributed by atoms with Crippen LogP contribution < -0.4 is 0 Å². The van der Waals surface area contributed by atoms with Crippen LogP contribution in [0.2, 0.25) is 0 Å². The predicted molar refractivity (Wildman–Crippen MR) is 75.9 cm³/mol. The Bertz CT molecular complexity index is 532. The van der Waals surface area contributed by atoms with Crippen molar-refractivity contribution in [2.75, 3.05) is 13.1 Å². The summed E-state index contributed by atoms with van der Waals surface area (Å²) in [7, 11) is 0. The van der Waals surface area contributed by atoms with Gasteiger partial charge in [-0.2, -0.15) is 0 Å². The number of carboxylic acid groups (broad SMARTS) is 1. The SMILES string of the molecule is CCCC1(C(=O)O)CCN(C(=O)Cc2c(C)noc2C)C1. The van der Waals surface area contributed by atoms with Crippen LogP contribution in [0.5, 0.6) is 0 Å². The summed E-state index contributed by atoms with van der Waals surface area (Å²) in [5, 5.41) is 13.3. The number of hydrogen-bond acceptors (Lipinski definition) is 4. The molecular formula is C15H22N2O4. The second-order valence-corrected chi connectivity index (χ2v) is 5.88. The minimum Gasteiger partial charge on any atom is -0.481 e. The lowest BCUT2D eigenvalue weighted by Gasteiger charge is -2.24. The molecule has 1 fully saturated rings. The number of aromatic nitrogens is 1. The molecule has 0 radical (unpaired) electrons. The lowest BCUT2D eigenvalue weighted by atomic mass is 9.83. The molecule has 21 heavy (non-hydrogen) atoms. The summed E-state index contributed by atoms with van der Waals surface area (Å²) < 4.78 is 5.06. The number of rotatable bonds is 5. The Morgan fingerprint density at radius 1 is 1.43 bits per heavy atom. The summed E-state index contributed by atoms with van der Waals surface area (Å²) in [5.74, 6) is -0.196. The lowest BCUT2D eigenvalue weighted by molar-refractivity contribution is -0.149. The van der Waals surface area contributed by atoms with E-state index in [1.807, 2.05) is 13.8 Å². The summed E-state index contributed by atoms with van der Waals surface area (Å²) >= 11 is 0. The van der Waals surface area contributed by atoms with Crippen LogP contribution in [0.15, 0.2) is 4.52 Å². The summed E-state index contributed by atoms with van der Waals surface area (Å²) in [5.41, 5.74) is 0.754. The first-order valence-electron chi connectivity index (χ1n) is 7.32. The average Bonchev–Trinajstić information content (AvgIpc) is 2.99. The van der Waals surface area contributed by atoms with Crippen LogP contribution in [0, 0.1) is 19.3 Å². The average molecular weight is 294 g/mol. The normalized spacial score (nSPS) is 21.8. The van der Waals surface area contributed by atoms with Gasteiger partial charge in [0.15, 0.2) is 0 Å². The number of amides is 1. The third-order valence-corrected chi connectivity index (χ3v) is 4.40. The molecular weight excluding hydrogens is 272 g/mol. The molecule has 1 amide bonds. The first kappa shape index (κ1) is 15.5. The van der Waals surface area contributed by atoms with Crippen molar-refractivity contribution in [3.8, 4) is 0 Å². The third kappa shape index (κ3) is 2.94. The topological polar surface area (TPSA) is 83.6 Å². The number of aryl methyl sites for hydroxylation is 2. The van der Waals surface area contributed by atoms with Crippen molar-refractivity contribution >= 4 is 11.9 Å². The van der Waals surface area contributed by atoms with Crippen molar-refractivity contribution in [2.24, 2.45) is 5.41 Å². The van der Waals surface area contributed by atoms with Crippen LogP contribution in [0.25, 0.3) is 0 Å². The molecule has 116 valence electrons. The van der Waals surface area contributed by atoms with Gasteiger partial charge in [0.05, 0.1) is 17.5 Å². The van der Waals surface area contributed by atoms with Gasteiger partial charge in [0.1, 0.15) is 5.76 Å². The van der Waals surface area contributed by atoms with Gasteiger partial charge in [0.25, 0.3) is 0 Å². The summed E-state index contributed by atoms with van der Waals surface area (Å²) in [4.78, 5) is 25.6. The van der Waals surface area contributed by atoms with Crippen molar-refractivity contribution in [2.45, 2.75) is 46.5 Å². The van der Waals surface area contributed by atoms with Crippen LogP contribution in [-0.2, 0) is 16.0 Å². The van der Waals surface area contributed by atoms with Gasteiger partial charge in [-0.05, 0) is 26.7 Å². The molecule has 0 bridgehead atoms. The van der Waals surface area contributed by atoms with Crippen molar-refractivity contribution in [3.05, 3.63) is 17.0 Å². The molecule has 1 aliphatic rings. The summed E-state index contributed by atoms with van der Waals surface area (Å²) in [6.45, 7) is 6.37. The number of aliphatic carboxylic acids is 1. The molecule has 1 saturated heterocycles. The zero-order chi connectivity index (χ0) is 15.6. The molecule has 2 rings (SSSR count). The maximum absolute atomic E-state index is 12.4. The van der Waals surface area contributed by atoms with Crippen LogP contribution in [0.1, 0.15) is 43.2 Å². The maximum atomic E-state index is 12.4. The number of likely N-dealkylation sites (tertiary alicyclic amines) is 1. The largest absolute Gasteiger partial charge is 0.481 e. The highest BCUT2D eigenvalue weighted by Gasteiger charge is 2.45. The second kappa shape index (κ2) is 5.87. The van der Waals surface area contributed by atoms with Crippen LogP contribution in [0.3, 0.4) is 0 Å². The molecule has 1 aromatic heterocycles. The number of nitrogens with zero attached hydrogens (tertiary/aromatic N) is 2. The molecule has 6 nitrogen and oxygen atoms in total. The Hall–Kier alpha value is -1.85. The molecule has 2 heterocycles. The van der Waals surface area contributed by atoms with E-state index in [0.717, 1.165) is 17.7 Å². The van der Waals surface area contributed by atoms with Gasteiger partial charge in [0, 0.05) is 18.7 Å². The van der Waals surface area contributed by atoms with Gasteiger partial charge in [-0.1, -0.05) is 18.5 Å². The molecule has 0 saturated carbocycles. The first-order chi connectivity index (χ1) is 9.89. The third-order valence-electron chi connectivity index (χ3n) is 4.40. The standard InChI is InChI=1S/C15H22N2O4/c1-4-5-15(14(19)20)6-7-17(9-15)13(18)8-12-10(2)16-21-11(12)3/h4-9H2,1-3H3,(H,19,20). The van der Waals surface area contributed by atoms with Crippen molar-refractivity contribution < 1.29 is 19.2 Å². The lowest BCUT2D eigenvalue weighted by Crippen LogP contribution is -2.37. The van der Waals surface area contributed by atoms with Gasteiger partial charge in [-0.3, -0.25) is 9.59 Å². The number of hydrogen-bond donors (Lipinski definition) is 1. The molecule has 0 aliphatic carbocycles. The fraction of sp³-hybridized carbons (Fsp3) is 0.667. The second-order valence-electron chi connectivity index (χ2n) is 5.88. The molecule has 1 atom stereocenters. The van der Waals surface area contributed by atoms with Gasteiger partial charge in [-0.25, -0.2) is 0 Å². The van der Waals surface area contributed by atoms with Gasteiger partial charge >= 0.3 is 5.97 Å². The van der Waals surface area contributed by atoms with Crippen LogP contribution >= 0.6 is 0 Å². The van der Waals surface area contributed by atoms with E-state index in [-0.39, 0.29) is 12.3 Å². The van der Waals surface area contributed by atoms with Crippen molar-refractivity contribution in [1.82, 2.24) is 10.1 Å². The van der Waals surface area contributed by atoms with Crippen molar-refractivity contribution in [1.29, 1.82) is 0 Å². The zero-order valence-corrected chi connectivity index (χ0v) is 12.8. The minimum atomic E-state index is -0.794. The Morgan fingerprint density at radius 2 is 2.14 bits per heavy atom. The smallest absolute Gasteiger partial charge is 0.311 e. The highest BCUT2D eigenvalue weighted by molar-refractivity contribution is 5.82. The Kier molecular flexibility index (Phi) is 4.34. The Balaban J connectivity index is 2.07. The molecule has 1 aliphatic heterocycles. The van der Waals surface area contributed by atoms with Crippen LogP contribution in [0.4, 0.5) is 0 Å². The number of carboxylic acids is 1. The molecule has 1 aromatic rings. The van der Waals surface area contributed by atoms with E-state index in [0.29, 0.717) is 31.7 Å². The molecule has 1 unspecified atom stereocenters. The molecule has 0 spiro atoms. The van der Waals surface area contributed by atoms with E-state index in [9.17, 15) is 14.7 Å². The molecule has 1 N–H and O–H groups in total. The van der Waals surface area contributed by atoms with E-state index in [1.165, 1.54) is 0 Å². The summed E-state index contributed by atoms with van der Waals surface area (Å²) in [6, 6.07) is 0.